The molecule has 9 nitrogen and oxygen atoms in total. The van der Waals surface area contributed by atoms with E-state index in [2.05, 4.69) is 10.4 Å². The number of nitrogens with one attached hydrogen (secondary N) is 1. The van der Waals surface area contributed by atoms with Gasteiger partial charge in [0.15, 0.2) is 0 Å². The molecule has 0 bridgehead atoms. The third-order valence-electron chi connectivity index (χ3n) is 5.81. The number of carbonyl (C=O) groups excluding carboxylic acids is 2. The standard InChI is InChI=1S/C27H35FN4O5/c1-27(2,3)29-26(34)31(13-14-35-4)17-25(33)32-23(19-9-7-8-10-21(19)28)16-22(30-32)20-12-11-18(36-5)15-24(20)37-6/h7-12,15,23H,13-14,16-17H2,1-6H3,(H,29,34)/t23-/m1/s1. The molecule has 1 atom stereocenters. The van der Waals surface area contributed by atoms with Gasteiger partial charge >= 0.3 is 6.03 Å². The lowest BCUT2D eigenvalue weighted by Gasteiger charge is -2.30. The van der Waals surface area contributed by atoms with Crippen molar-refractivity contribution < 1.29 is 28.2 Å². The SMILES string of the molecule is COCCN(CC(=O)N1N=C(c2ccc(OC)cc2OC)C[C@@H]1c1ccccc1F)C(=O)NC(C)(C)C. The number of ether oxygens (including phenoxy) is 3. The van der Waals surface area contributed by atoms with Gasteiger partial charge < -0.3 is 24.4 Å². The van der Waals surface area contributed by atoms with Crippen LogP contribution in [-0.2, 0) is 9.53 Å². The fourth-order valence-electron chi connectivity index (χ4n) is 4.02. The number of urea groups is 1. The molecule has 3 rings (SSSR count). The highest BCUT2D eigenvalue weighted by atomic mass is 19.1. The molecular weight excluding hydrogens is 479 g/mol. The van der Waals surface area contributed by atoms with Crippen LogP contribution in [-0.4, -0.2) is 74.1 Å². The summed E-state index contributed by atoms with van der Waals surface area (Å²) in [5.74, 6) is 0.239. The van der Waals surface area contributed by atoms with Crippen LogP contribution in [0.4, 0.5) is 9.18 Å². The van der Waals surface area contributed by atoms with Gasteiger partial charge in [0.2, 0.25) is 0 Å². The summed E-state index contributed by atoms with van der Waals surface area (Å²) >= 11 is 0. The van der Waals surface area contributed by atoms with Gasteiger partial charge in [-0.25, -0.2) is 14.2 Å². The first-order chi connectivity index (χ1) is 17.6. The highest BCUT2D eigenvalue weighted by molar-refractivity contribution is 6.05. The van der Waals surface area contributed by atoms with Crippen LogP contribution in [0.5, 0.6) is 11.5 Å². The Balaban J connectivity index is 1.97. The maximum atomic E-state index is 14.9. The van der Waals surface area contributed by atoms with E-state index in [0.29, 0.717) is 28.3 Å². The minimum Gasteiger partial charge on any atom is -0.497 e. The van der Waals surface area contributed by atoms with Gasteiger partial charge in [0.1, 0.15) is 23.9 Å². The van der Waals surface area contributed by atoms with Crippen LogP contribution in [0.15, 0.2) is 47.6 Å². The van der Waals surface area contributed by atoms with Crippen molar-refractivity contribution in [2.75, 3.05) is 41.0 Å². The Morgan fingerprint density at radius 3 is 2.49 bits per heavy atom. The van der Waals surface area contributed by atoms with Crippen molar-refractivity contribution in [3.63, 3.8) is 0 Å². The van der Waals surface area contributed by atoms with Gasteiger partial charge in [-0.2, -0.15) is 5.10 Å². The van der Waals surface area contributed by atoms with Crippen molar-refractivity contribution in [2.24, 2.45) is 5.10 Å². The van der Waals surface area contributed by atoms with Crippen LogP contribution in [0, 0.1) is 5.82 Å². The zero-order chi connectivity index (χ0) is 27.2. The van der Waals surface area contributed by atoms with E-state index in [-0.39, 0.29) is 26.1 Å². The highest BCUT2D eigenvalue weighted by Gasteiger charge is 2.36. The second-order valence-electron chi connectivity index (χ2n) is 9.69. The Bertz CT molecular complexity index is 1150. The predicted molar refractivity (Wildman–Crippen MR) is 138 cm³/mol. The molecule has 0 unspecified atom stereocenters. The predicted octanol–water partition coefficient (Wildman–Crippen LogP) is 3.98. The first kappa shape index (κ1) is 27.9. The summed E-state index contributed by atoms with van der Waals surface area (Å²) in [6.07, 6.45) is 0.265. The first-order valence-electron chi connectivity index (χ1n) is 12.0. The van der Waals surface area contributed by atoms with Crippen molar-refractivity contribution in [2.45, 2.75) is 38.8 Å². The molecule has 0 spiro atoms. The summed E-state index contributed by atoms with van der Waals surface area (Å²) in [5.41, 5.74) is 1.07. The molecule has 1 N–H and O–H groups in total. The molecule has 0 aromatic heterocycles. The largest absolute Gasteiger partial charge is 0.497 e. The molecule has 37 heavy (non-hydrogen) atoms. The van der Waals surface area contributed by atoms with E-state index >= 15 is 0 Å². The van der Waals surface area contributed by atoms with E-state index in [1.807, 2.05) is 20.8 Å². The molecule has 3 amide bonds. The molecule has 0 saturated heterocycles. The molecule has 1 aliphatic heterocycles. The molecule has 1 heterocycles. The fourth-order valence-corrected chi connectivity index (χ4v) is 4.02. The van der Waals surface area contributed by atoms with Crippen LogP contribution in [0.3, 0.4) is 0 Å². The van der Waals surface area contributed by atoms with Gasteiger partial charge in [-0.15, -0.1) is 0 Å². The Morgan fingerprint density at radius 2 is 1.86 bits per heavy atom. The quantitative estimate of drug-likeness (QED) is 0.547. The molecule has 0 fully saturated rings. The number of methoxy groups -OCH3 is 3. The summed E-state index contributed by atoms with van der Waals surface area (Å²) in [6, 6.07) is 10.5. The van der Waals surface area contributed by atoms with Gasteiger partial charge in [0.05, 0.1) is 32.6 Å². The first-order valence-corrected chi connectivity index (χ1v) is 12.0. The average molecular weight is 515 g/mol. The third-order valence-corrected chi connectivity index (χ3v) is 5.81. The van der Waals surface area contributed by atoms with Crippen molar-refractivity contribution >= 4 is 17.6 Å². The van der Waals surface area contributed by atoms with E-state index in [1.54, 1.807) is 43.5 Å². The van der Waals surface area contributed by atoms with Crippen LogP contribution < -0.4 is 14.8 Å². The van der Waals surface area contributed by atoms with Crippen molar-refractivity contribution in [1.82, 2.24) is 15.2 Å². The van der Waals surface area contributed by atoms with Crippen molar-refractivity contribution in [3.8, 4) is 11.5 Å². The number of benzene rings is 2. The highest BCUT2D eigenvalue weighted by Crippen LogP contribution is 2.37. The third kappa shape index (κ3) is 6.97. The number of amides is 3. The molecule has 1 aliphatic rings. The minimum absolute atomic E-state index is 0.200. The zero-order valence-electron chi connectivity index (χ0n) is 22.2. The molecule has 200 valence electrons. The normalized spacial score (nSPS) is 15.3. The summed E-state index contributed by atoms with van der Waals surface area (Å²) in [4.78, 5) is 27.9. The van der Waals surface area contributed by atoms with Crippen LogP contribution >= 0.6 is 0 Å². The number of hydrogen-bond acceptors (Lipinski definition) is 6. The number of carbonyl (C=O) groups is 2. The lowest BCUT2D eigenvalue weighted by atomic mass is 9.97. The number of hydrazone groups is 1. The average Bonchev–Trinajstić information content (AvgIpc) is 3.30. The molecule has 0 radical (unpaired) electrons. The number of nitrogens with zero attached hydrogens (tertiary/aromatic N) is 3. The van der Waals surface area contributed by atoms with E-state index in [1.165, 1.54) is 30.2 Å². The number of rotatable bonds is 9. The van der Waals surface area contributed by atoms with Gasteiger partial charge in [-0.3, -0.25) is 4.79 Å². The van der Waals surface area contributed by atoms with Gasteiger partial charge in [0.25, 0.3) is 5.91 Å². The van der Waals surface area contributed by atoms with E-state index in [4.69, 9.17) is 14.2 Å². The Kier molecular flexibility index (Phi) is 9.09. The number of halogens is 1. The molecule has 0 saturated carbocycles. The zero-order valence-corrected chi connectivity index (χ0v) is 22.2. The Morgan fingerprint density at radius 1 is 1.14 bits per heavy atom. The summed E-state index contributed by atoms with van der Waals surface area (Å²) < 4.78 is 30.8. The second-order valence-corrected chi connectivity index (χ2v) is 9.69. The van der Waals surface area contributed by atoms with E-state index in [9.17, 15) is 14.0 Å². The summed E-state index contributed by atoms with van der Waals surface area (Å²) in [5, 5.41) is 8.75. The number of hydrogen-bond donors (Lipinski definition) is 1. The van der Waals surface area contributed by atoms with E-state index < -0.39 is 29.3 Å². The summed E-state index contributed by atoms with van der Waals surface area (Å²) in [6.45, 7) is 5.76. The van der Waals surface area contributed by atoms with Gasteiger partial charge in [-0.1, -0.05) is 18.2 Å². The molecule has 0 aliphatic carbocycles. The minimum atomic E-state index is -0.689. The van der Waals surface area contributed by atoms with Crippen LogP contribution in [0.2, 0.25) is 0 Å². The van der Waals surface area contributed by atoms with Crippen molar-refractivity contribution in [1.29, 1.82) is 0 Å². The Hall–Kier alpha value is -3.66. The van der Waals surface area contributed by atoms with Crippen LogP contribution in [0.1, 0.15) is 44.4 Å². The molecule has 10 heteroatoms. The lowest BCUT2D eigenvalue weighted by molar-refractivity contribution is -0.133. The Labute approximate surface area is 217 Å². The topological polar surface area (TPSA) is 92.7 Å². The molecule has 2 aromatic rings. The van der Waals surface area contributed by atoms with Crippen molar-refractivity contribution in [3.05, 3.63) is 59.4 Å². The second kappa shape index (κ2) is 12.1. The summed E-state index contributed by atoms with van der Waals surface area (Å²) in [7, 11) is 4.61. The smallest absolute Gasteiger partial charge is 0.318 e. The molecule has 2 aromatic carbocycles. The van der Waals surface area contributed by atoms with Gasteiger partial charge in [0, 0.05) is 42.8 Å². The monoisotopic (exact) mass is 514 g/mol. The molecular formula is C27H35FN4O5. The fraction of sp³-hybridized carbons (Fsp3) is 0.444. The maximum Gasteiger partial charge on any atom is 0.318 e. The maximum absolute atomic E-state index is 14.9. The van der Waals surface area contributed by atoms with Crippen LogP contribution in [0.25, 0.3) is 0 Å². The lowest BCUT2D eigenvalue weighted by Crippen LogP contribution is -2.52. The van der Waals surface area contributed by atoms with E-state index in [0.717, 1.165) is 0 Å². The van der Waals surface area contributed by atoms with Gasteiger partial charge in [-0.05, 0) is 39.0 Å².